The number of aliphatic hydroxyl groups is 1. The molecule has 1 aromatic carbocycles. The quantitative estimate of drug-likeness (QED) is 0.493. The average Bonchev–Trinajstić information content (AvgIpc) is 2.96. The first-order chi connectivity index (χ1) is 14.8. The van der Waals surface area contributed by atoms with Gasteiger partial charge in [-0.1, -0.05) is 33.8 Å². The minimum absolute atomic E-state index is 0.0622. The topological polar surface area (TPSA) is 66.8 Å². The average molecular weight is 459 g/mol. The van der Waals surface area contributed by atoms with Gasteiger partial charge >= 0.3 is 5.97 Å². The first-order valence-electron chi connectivity index (χ1n) is 12.5. The molecule has 3 aliphatic carbocycles. The van der Waals surface area contributed by atoms with Crippen molar-refractivity contribution in [1.82, 2.24) is 0 Å². The van der Waals surface area contributed by atoms with Crippen LogP contribution in [-0.2, 0) is 11.2 Å². The van der Waals surface area contributed by atoms with E-state index in [-0.39, 0.29) is 16.9 Å². The van der Waals surface area contributed by atoms with Crippen molar-refractivity contribution >= 4 is 14.3 Å². The summed E-state index contributed by atoms with van der Waals surface area (Å²) in [6.45, 7) is 13.7. The number of aliphatic carboxylic acids is 1. The lowest BCUT2D eigenvalue weighted by molar-refractivity contribution is -0.142. The maximum atomic E-state index is 11.5. The van der Waals surface area contributed by atoms with Gasteiger partial charge in [-0.2, -0.15) is 0 Å². The standard InChI is InChI=1S/C27H42O4Si/c1-25(2,3)32(5,6)31-19-8-10-20-18(17-19)7-9-22-21(20)11-14-26(4)23(22)12-15-27(26,30)16-13-24(28)29/h8,10,17,21-23,30H,7,9,11-16H2,1-6H3,(H,28,29)/t21-,22-,23+,26+,27-/m1/s1. The molecule has 4 nitrogen and oxygen atoms in total. The highest BCUT2D eigenvalue weighted by Gasteiger charge is 2.61. The van der Waals surface area contributed by atoms with E-state index in [0.717, 1.165) is 44.3 Å². The van der Waals surface area contributed by atoms with Crippen molar-refractivity contribution in [1.29, 1.82) is 0 Å². The molecule has 2 saturated carbocycles. The summed E-state index contributed by atoms with van der Waals surface area (Å²) in [4.78, 5) is 11.2. The highest BCUT2D eigenvalue weighted by atomic mass is 28.4. The van der Waals surface area contributed by atoms with Crippen LogP contribution in [0.25, 0.3) is 0 Å². The van der Waals surface area contributed by atoms with E-state index >= 15 is 0 Å². The van der Waals surface area contributed by atoms with E-state index < -0.39 is 19.9 Å². The monoisotopic (exact) mass is 458 g/mol. The van der Waals surface area contributed by atoms with E-state index in [1.54, 1.807) is 0 Å². The minimum Gasteiger partial charge on any atom is -0.543 e. The molecule has 1 aromatic rings. The Morgan fingerprint density at radius 2 is 1.91 bits per heavy atom. The fourth-order valence-corrected chi connectivity index (χ4v) is 7.93. The van der Waals surface area contributed by atoms with Gasteiger partial charge in [-0.25, -0.2) is 0 Å². The molecular formula is C27H42O4Si. The Morgan fingerprint density at radius 3 is 2.56 bits per heavy atom. The molecule has 0 radical (unpaired) electrons. The van der Waals surface area contributed by atoms with Crippen molar-refractivity contribution in [2.75, 3.05) is 0 Å². The number of fused-ring (bicyclic) bond motifs is 5. The first kappa shape index (κ1) is 23.8. The molecule has 0 unspecified atom stereocenters. The predicted molar refractivity (Wildman–Crippen MR) is 131 cm³/mol. The van der Waals surface area contributed by atoms with Gasteiger partial charge in [0.1, 0.15) is 5.75 Å². The fourth-order valence-electron chi connectivity index (χ4n) is 6.90. The van der Waals surface area contributed by atoms with Gasteiger partial charge < -0.3 is 14.6 Å². The zero-order valence-corrected chi connectivity index (χ0v) is 21.8. The van der Waals surface area contributed by atoms with E-state index in [9.17, 15) is 15.0 Å². The number of carboxylic acid groups (broad SMARTS) is 1. The number of carbonyl (C=O) groups is 1. The van der Waals surface area contributed by atoms with Gasteiger partial charge in [0, 0.05) is 6.42 Å². The third-order valence-corrected chi connectivity index (χ3v) is 14.3. The number of hydrogen-bond donors (Lipinski definition) is 2. The van der Waals surface area contributed by atoms with Crippen LogP contribution in [-0.4, -0.2) is 30.1 Å². The molecule has 178 valence electrons. The van der Waals surface area contributed by atoms with Gasteiger partial charge in [0.15, 0.2) is 0 Å². The lowest BCUT2D eigenvalue weighted by Gasteiger charge is -2.53. The SMILES string of the molecule is CC(C)(C)[Si](C)(C)Oc1ccc2c(c1)CC[C@@H]1[C@@H]2CC[C@@]2(C)[C@H]1CC[C@@]2(O)CCC(=O)O. The van der Waals surface area contributed by atoms with E-state index in [1.165, 1.54) is 11.1 Å². The van der Waals surface area contributed by atoms with Gasteiger partial charge in [0.2, 0.25) is 8.32 Å². The Morgan fingerprint density at radius 1 is 1.19 bits per heavy atom. The molecule has 0 aliphatic heterocycles. The minimum atomic E-state index is -1.85. The lowest BCUT2D eigenvalue weighted by Crippen LogP contribution is -2.51. The second-order valence-corrected chi connectivity index (χ2v) is 17.3. The van der Waals surface area contributed by atoms with Gasteiger partial charge in [-0.15, -0.1) is 0 Å². The molecule has 0 aromatic heterocycles. The van der Waals surface area contributed by atoms with Crippen LogP contribution in [0.3, 0.4) is 0 Å². The van der Waals surface area contributed by atoms with Crippen LogP contribution in [0.1, 0.15) is 89.7 Å². The fraction of sp³-hybridized carbons (Fsp3) is 0.741. The van der Waals surface area contributed by atoms with Crippen LogP contribution in [0.4, 0.5) is 0 Å². The van der Waals surface area contributed by atoms with Crippen LogP contribution < -0.4 is 4.43 Å². The number of hydrogen-bond acceptors (Lipinski definition) is 3. The van der Waals surface area contributed by atoms with Crippen molar-refractivity contribution in [2.45, 2.75) is 109 Å². The largest absolute Gasteiger partial charge is 0.543 e. The van der Waals surface area contributed by atoms with Gasteiger partial charge in [0.25, 0.3) is 0 Å². The lowest BCUT2D eigenvalue weighted by atomic mass is 9.53. The number of rotatable bonds is 5. The summed E-state index contributed by atoms with van der Waals surface area (Å²) in [5.74, 6) is 1.85. The Hall–Kier alpha value is -1.33. The van der Waals surface area contributed by atoms with Crippen LogP contribution in [0, 0.1) is 17.3 Å². The predicted octanol–water partition coefficient (Wildman–Crippen LogP) is 6.52. The van der Waals surface area contributed by atoms with E-state index in [1.807, 2.05) is 0 Å². The summed E-state index contributed by atoms with van der Waals surface area (Å²) in [5.41, 5.74) is 1.95. The van der Waals surface area contributed by atoms with E-state index in [2.05, 4.69) is 59.0 Å². The highest BCUT2D eigenvalue weighted by molar-refractivity contribution is 6.74. The first-order valence-corrected chi connectivity index (χ1v) is 15.4. The molecule has 0 bridgehead atoms. The zero-order valence-electron chi connectivity index (χ0n) is 20.8. The van der Waals surface area contributed by atoms with Gasteiger partial charge in [-0.3, -0.25) is 4.79 Å². The van der Waals surface area contributed by atoms with Gasteiger partial charge in [0.05, 0.1) is 5.60 Å². The van der Waals surface area contributed by atoms with Crippen molar-refractivity contribution < 1.29 is 19.4 Å². The summed E-state index contributed by atoms with van der Waals surface area (Å²) < 4.78 is 6.59. The molecule has 0 heterocycles. The molecule has 5 heteroatoms. The molecule has 0 spiro atoms. The molecule has 2 fully saturated rings. The second kappa shape index (κ2) is 7.87. The second-order valence-electron chi connectivity index (χ2n) is 12.6. The summed E-state index contributed by atoms with van der Waals surface area (Å²) in [6.07, 6.45) is 6.53. The van der Waals surface area contributed by atoms with E-state index in [4.69, 9.17) is 4.43 Å². The summed E-state index contributed by atoms with van der Waals surface area (Å²) in [7, 11) is -1.85. The molecule has 5 atom stereocenters. The molecule has 4 rings (SSSR count). The molecule has 0 amide bonds. The van der Waals surface area contributed by atoms with Crippen molar-refractivity contribution in [3.8, 4) is 5.75 Å². The molecule has 0 saturated heterocycles. The van der Waals surface area contributed by atoms with Crippen LogP contribution in [0.2, 0.25) is 18.1 Å². The van der Waals surface area contributed by atoms with Crippen molar-refractivity contribution in [3.63, 3.8) is 0 Å². The van der Waals surface area contributed by atoms with Crippen molar-refractivity contribution in [3.05, 3.63) is 29.3 Å². The Balaban J connectivity index is 1.55. The van der Waals surface area contributed by atoms with Gasteiger partial charge in [-0.05, 0) is 110 Å². The Kier molecular flexibility index (Phi) is 5.85. The van der Waals surface area contributed by atoms with Crippen molar-refractivity contribution in [2.24, 2.45) is 17.3 Å². The van der Waals surface area contributed by atoms with Crippen LogP contribution in [0.5, 0.6) is 5.75 Å². The third kappa shape index (κ3) is 3.83. The molecule has 3 aliphatic rings. The van der Waals surface area contributed by atoms with Crippen LogP contribution in [0.15, 0.2) is 18.2 Å². The summed E-state index contributed by atoms with van der Waals surface area (Å²) in [6, 6.07) is 6.81. The maximum absolute atomic E-state index is 11.5. The third-order valence-electron chi connectivity index (χ3n) is 9.95. The van der Waals surface area contributed by atoms with Crippen LogP contribution >= 0.6 is 0 Å². The zero-order chi connectivity index (χ0) is 23.5. The summed E-state index contributed by atoms with van der Waals surface area (Å²) >= 11 is 0. The number of aryl methyl sites for hydroxylation is 1. The summed E-state index contributed by atoms with van der Waals surface area (Å²) in [5, 5.41) is 20.9. The Labute approximate surface area is 194 Å². The normalized spacial score (nSPS) is 34.4. The number of benzene rings is 1. The smallest absolute Gasteiger partial charge is 0.303 e. The Bertz CT molecular complexity index is 888. The maximum Gasteiger partial charge on any atom is 0.303 e. The highest BCUT2D eigenvalue weighted by Crippen LogP contribution is 2.65. The molecule has 2 N–H and O–H groups in total. The number of carboxylic acids is 1. The molecular weight excluding hydrogens is 416 g/mol. The molecule has 32 heavy (non-hydrogen) atoms. The van der Waals surface area contributed by atoms with E-state index in [0.29, 0.717) is 24.2 Å².